The van der Waals surface area contributed by atoms with Gasteiger partial charge in [-0.05, 0) is 44.0 Å². The molecule has 2 N–H and O–H groups in total. The molecule has 6 nitrogen and oxygen atoms in total. The maximum Gasteiger partial charge on any atom is 0.408 e. The third kappa shape index (κ3) is 6.12. The SMILES string of the molecule is CC(C)(C)OC(=O)NC(c1ccccc1)c1ccc(OCC(=O)O)cc1. The molecule has 2 rings (SSSR count). The van der Waals surface area contributed by atoms with Gasteiger partial charge in [-0.1, -0.05) is 42.5 Å². The molecule has 0 saturated heterocycles. The molecule has 1 atom stereocenters. The molecule has 2 aromatic rings. The van der Waals surface area contributed by atoms with Gasteiger partial charge in [0, 0.05) is 0 Å². The molecule has 0 aliphatic heterocycles. The van der Waals surface area contributed by atoms with E-state index in [1.165, 1.54) is 0 Å². The number of hydrogen-bond acceptors (Lipinski definition) is 4. The van der Waals surface area contributed by atoms with Gasteiger partial charge in [0.05, 0.1) is 6.04 Å². The minimum absolute atomic E-state index is 0.403. The Bertz CT molecular complexity index is 735. The smallest absolute Gasteiger partial charge is 0.408 e. The van der Waals surface area contributed by atoms with Gasteiger partial charge in [0.15, 0.2) is 6.61 Å². The summed E-state index contributed by atoms with van der Waals surface area (Å²) in [6.45, 7) is 5.01. The van der Waals surface area contributed by atoms with Gasteiger partial charge in [0.25, 0.3) is 0 Å². The fourth-order valence-electron chi connectivity index (χ4n) is 2.33. The topological polar surface area (TPSA) is 84.9 Å². The fourth-order valence-corrected chi connectivity index (χ4v) is 2.33. The zero-order chi connectivity index (χ0) is 19.2. The molecule has 0 heterocycles. The minimum Gasteiger partial charge on any atom is -0.482 e. The number of alkyl carbamates (subject to hydrolysis) is 1. The van der Waals surface area contributed by atoms with Crippen molar-refractivity contribution in [2.45, 2.75) is 32.4 Å². The molecular weight excluding hydrogens is 334 g/mol. The summed E-state index contributed by atoms with van der Waals surface area (Å²) in [5.41, 5.74) is 1.13. The molecule has 0 spiro atoms. The third-order valence-electron chi connectivity index (χ3n) is 3.37. The van der Waals surface area contributed by atoms with E-state index in [0.29, 0.717) is 5.75 Å². The summed E-state index contributed by atoms with van der Waals surface area (Å²) in [5.74, 6) is -0.594. The maximum atomic E-state index is 12.2. The van der Waals surface area contributed by atoms with Crippen molar-refractivity contribution < 1.29 is 24.2 Å². The van der Waals surface area contributed by atoms with Crippen LogP contribution in [-0.2, 0) is 9.53 Å². The highest BCUT2D eigenvalue weighted by molar-refractivity contribution is 5.69. The fraction of sp³-hybridized carbons (Fsp3) is 0.300. The van der Waals surface area contributed by atoms with E-state index >= 15 is 0 Å². The Labute approximate surface area is 152 Å². The molecule has 0 radical (unpaired) electrons. The number of carbonyl (C=O) groups is 2. The minimum atomic E-state index is -1.04. The second-order valence-electron chi connectivity index (χ2n) is 6.74. The van der Waals surface area contributed by atoms with E-state index in [1.54, 1.807) is 45.0 Å². The summed E-state index contributed by atoms with van der Waals surface area (Å²) in [6.07, 6.45) is -0.516. The van der Waals surface area contributed by atoms with Gasteiger partial charge in [-0.3, -0.25) is 0 Å². The lowest BCUT2D eigenvalue weighted by atomic mass is 9.99. The van der Waals surface area contributed by atoms with Crippen molar-refractivity contribution in [3.8, 4) is 5.75 Å². The van der Waals surface area contributed by atoms with Crippen LogP contribution in [0, 0.1) is 0 Å². The normalized spacial score (nSPS) is 12.1. The highest BCUT2D eigenvalue weighted by atomic mass is 16.6. The van der Waals surface area contributed by atoms with Crippen molar-refractivity contribution in [1.82, 2.24) is 5.32 Å². The Kier molecular flexibility index (Phi) is 6.22. The molecule has 1 amide bonds. The van der Waals surface area contributed by atoms with E-state index in [1.807, 2.05) is 30.3 Å². The summed E-state index contributed by atoms with van der Waals surface area (Å²) in [6, 6.07) is 16.0. The van der Waals surface area contributed by atoms with Crippen molar-refractivity contribution in [3.05, 3.63) is 65.7 Å². The summed E-state index contributed by atoms with van der Waals surface area (Å²) >= 11 is 0. The van der Waals surface area contributed by atoms with Gasteiger partial charge in [-0.15, -0.1) is 0 Å². The van der Waals surface area contributed by atoms with E-state index in [0.717, 1.165) is 11.1 Å². The summed E-state index contributed by atoms with van der Waals surface area (Å²) in [4.78, 5) is 22.8. The summed E-state index contributed by atoms with van der Waals surface area (Å²) in [7, 11) is 0. The highest BCUT2D eigenvalue weighted by Crippen LogP contribution is 2.25. The van der Waals surface area contributed by atoms with Gasteiger partial charge in [0.2, 0.25) is 0 Å². The number of aliphatic carboxylic acids is 1. The largest absolute Gasteiger partial charge is 0.482 e. The number of hydrogen-bond donors (Lipinski definition) is 2. The Balaban J connectivity index is 2.21. The van der Waals surface area contributed by atoms with Crippen LogP contribution in [0.25, 0.3) is 0 Å². The number of carboxylic acid groups (broad SMARTS) is 1. The molecule has 0 bridgehead atoms. The van der Waals surface area contributed by atoms with E-state index < -0.39 is 30.3 Å². The predicted molar refractivity (Wildman–Crippen MR) is 97.2 cm³/mol. The summed E-state index contributed by atoms with van der Waals surface area (Å²) < 4.78 is 10.5. The van der Waals surface area contributed by atoms with Gasteiger partial charge >= 0.3 is 12.1 Å². The van der Waals surface area contributed by atoms with Crippen LogP contribution in [0.15, 0.2) is 54.6 Å². The van der Waals surface area contributed by atoms with Crippen LogP contribution in [-0.4, -0.2) is 29.4 Å². The Morgan fingerprint density at radius 2 is 1.58 bits per heavy atom. The molecular formula is C20H23NO5. The van der Waals surface area contributed by atoms with Crippen molar-refractivity contribution in [1.29, 1.82) is 0 Å². The maximum absolute atomic E-state index is 12.2. The first-order valence-corrected chi connectivity index (χ1v) is 8.23. The zero-order valence-electron chi connectivity index (χ0n) is 15.1. The van der Waals surface area contributed by atoms with Crippen LogP contribution in [0.1, 0.15) is 37.9 Å². The number of carbonyl (C=O) groups excluding carboxylic acids is 1. The van der Waals surface area contributed by atoms with E-state index in [4.69, 9.17) is 14.6 Å². The average Bonchev–Trinajstić information content (AvgIpc) is 2.58. The Morgan fingerprint density at radius 1 is 1.00 bits per heavy atom. The van der Waals surface area contributed by atoms with Gasteiger partial charge in [-0.2, -0.15) is 0 Å². The second kappa shape index (κ2) is 8.38. The first-order valence-electron chi connectivity index (χ1n) is 8.23. The molecule has 0 aliphatic rings. The second-order valence-corrected chi connectivity index (χ2v) is 6.74. The molecule has 0 saturated carbocycles. The van der Waals surface area contributed by atoms with Crippen LogP contribution in [0.5, 0.6) is 5.75 Å². The van der Waals surface area contributed by atoms with E-state index in [-0.39, 0.29) is 0 Å². The average molecular weight is 357 g/mol. The van der Waals surface area contributed by atoms with Gasteiger partial charge in [0.1, 0.15) is 11.4 Å². The molecule has 6 heteroatoms. The van der Waals surface area contributed by atoms with Crippen molar-refractivity contribution in [3.63, 3.8) is 0 Å². The van der Waals surface area contributed by atoms with Crippen LogP contribution in [0.3, 0.4) is 0 Å². The zero-order valence-corrected chi connectivity index (χ0v) is 15.1. The molecule has 1 unspecified atom stereocenters. The molecule has 0 fully saturated rings. The lowest BCUT2D eigenvalue weighted by Crippen LogP contribution is -2.35. The Morgan fingerprint density at radius 3 is 2.12 bits per heavy atom. The van der Waals surface area contributed by atoms with E-state index in [2.05, 4.69) is 5.32 Å². The van der Waals surface area contributed by atoms with Crippen molar-refractivity contribution in [2.75, 3.05) is 6.61 Å². The molecule has 2 aromatic carbocycles. The van der Waals surface area contributed by atoms with Gasteiger partial charge < -0.3 is 19.9 Å². The van der Waals surface area contributed by atoms with Crippen molar-refractivity contribution in [2.24, 2.45) is 0 Å². The highest BCUT2D eigenvalue weighted by Gasteiger charge is 2.21. The quantitative estimate of drug-likeness (QED) is 0.822. The number of amides is 1. The molecule has 0 aliphatic carbocycles. The number of nitrogens with one attached hydrogen (secondary N) is 1. The monoisotopic (exact) mass is 357 g/mol. The van der Waals surface area contributed by atoms with Crippen LogP contribution in [0.4, 0.5) is 4.79 Å². The van der Waals surface area contributed by atoms with Crippen LogP contribution in [0.2, 0.25) is 0 Å². The number of carboxylic acids is 1. The molecule has 0 aromatic heterocycles. The van der Waals surface area contributed by atoms with Crippen LogP contribution < -0.4 is 10.1 Å². The lowest BCUT2D eigenvalue weighted by molar-refractivity contribution is -0.139. The summed E-state index contributed by atoms with van der Waals surface area (Å²) in [5, 5.41) is 11.6. The number of benzene rings is 2. The molecule has 138 valence electrons. The van der Waals surface area contributed by atoms with Gasteiger partial charge in [-0.25, -0.2) is 9.59 Å². The van der Waals surface area contributed by atoms with Crippen LogP contribution >= 0.6 is 0 Å². The van der Waals surface area contributed by atoms with Crippen molar-refractivity contribution >= 4 is 12.1 Å². The molecule has 26 heavy (non-hydrogen) atoms. The Hall–Kier alpha value is -3.02. The number of ether oxygens (including phenoxy) is 2. The predicted octanol–water partition coefficient (Wildman–Crippen LogP) is 3.76. The standard InChI is InChI=1S/C20H23NO5/c1-20(2,3)26-19(24)21-18(14-7-5-4-6-8-14)15-9-11-16(12-10-15)25-13-17(22)23/h4-12,18H,13H2,1-3H3,(H,21,24)(H,22,23). The first kappa shape index (κ1) is 19.3. The first-order chi connectivity index (χ1) is 12.2. The van der Waals surface area contributed by atoms with E-state index in [9.17, 15) is 9.59 Å². The lowest BCUT2D eigenvalue weighted by Gasteiger charge is -2.24. The number of rotatable bonds is 6. The third-order valence-corrected chi connectivity index (χ3v) is 3.37.